The number of amides is 1. The fourth-order valence-electron chi connectivity index (χ4n) is 2.84. The van der Waals surface area contributed by atoms with E-state index in [1.165, 1.54) is 0 Å². The molecule has 1 amide bonds. The molecule has 2 fully saturated rings. The summed E-state index contributed by atoms with van der Waals surface area (Å²) in [6.45, 7) is 0.758. The summed E-state index contributed by atoms with van der Waals surface area (Å²) >= 11 is 0. The zero-order valence-corrected chi connectivity index (χ0v) is 10.5. The second kappa shape index (κ2) is 6.04. The number of oxime groups is 1. The van der Waals surface area contributed by atoms with Gasteiger partial charge in [-0.25, -0.2) is 0 Å². The first-order valence-corrected chi connectivity index (χ1v) is 6.59. The number of carbonyl (C=O) groups excluding carboxylic acids is 1. The maximum absolute atomic E-state index is 11.9. The minimum absolute atomic E-state index is 0.00420. The zero-order valence-electron chi connectivity index (χ0n) is 10.5. The largest absolute Gasteiger partial charge is 0.409 e. The molecule has 0 radical (unpaired) electrons. The summed E-state index contributed by atoms with van der Waals surface area (Å²) < 4.78 is 5.43. The summed E-state index contributed by atoms with van der Waals surface area (Å²) in [5, 5.41) is 14.7. The van der Waals surface area contributed by atoms with Crippen LogP contribution in [0.4, 0.5) is 0 Å². The van der Waals surface area contributed by atoms with E-state index in [1.54, 1.807) is 0 Å². The molecule has 0 bridgehead atoms. The monoisotopic (exact) mass is 255 g/mol. The predicted octanol–water partition coefficient (Wildman–Crippen LogP) is 0.587. The van der Waals surface area contributed by atoms with E-state index in [0.29, 0.717) is 6.42 Å². The number of ether oxygens (including phenoxy) is 1. The number of carbonyl (C=O) groups is 1. The lowest BCUT2D eigenvalue weighted by Crippen LogP contribution is -2.43. The van der Waals surface area contributed by atoms with Gasteiger partial charge in [0.1, 0.15) is 5.84 Å². The molecule has 3 unspecified atom stereocenters. The standard InChI is InChI=1S/C12H21N3O3/c13-12(15-17)9-4-1-5-10(9)14-11(16)7-8-3-2-6-18-8/h8-10,17H,1-7H2,(H2,13,15)(H,14,16). The summed E-state index contributed by atoms with van der Waals surface area (Å²) in [4.78, 5) is 11.9. The number of rotatable bonds is 4. The number of hydrogen-bond donors (Lipinski definition) is 3. The van der Waals surface area contributed by atoms with E-state index in [2.05, 4.69) is 10.5 Å². The van der Waals surface area contributed by atoms with Crippen LogP contribution in [0, 0.1) is 5.92 Å². The summed E-state index contributed by atoms with van der Waals surface area (Å²) in [6, 6.07) is -0.00481. The second-order valence-electron chi connectivity index (χ2n) is 5.08. The Morgan fingerprint density at radius 3 is 2.89 bits per heavy atom. The van der Waals surface area contributed by atoms with Crippen molar-refractivity contribution in [3.63, 3.8) is 0 Å². The zero-order chi connectivity index (χ0) is 13.0. The number of nitrogens with zero attached hydrogens (tertiary/aromatic N) is 1. The molecule has 6 heteroatoms. The highest BCUT2D eigenvalue weighted by Crippen LogP contribution is 2.26. The van der Waals surface area contributed by atoms with E-state index in [0.717, 1.165) is 38.7 Å². The van der Waals surface area contributed by atoms with Crippen molar-refractivity contribution in [3.05, 3.63) is 0 Å². The molecule has 1 saturated carbocycles. The molecule has 102 valence electrons. The van der Waals surface area contributed by atoms with Crippen molar-refractivity contribution in [2.24, 2.45) is 16.8 Å². The number of hydrogen-bond acceptors (Lipinski definition) is 4. The normalized spacial score (nSPS) is 32.7. The average Bonchev–Trinajstić information content (AvgIpc) is 2.99. The minimum Gasteiger partial charge on any atom is -0.409 e. The van der Waals surface area contributed by atoms with E-state index in [9.17, 15) is 4.79 Å². The van der Waals surface area contributed by atoms with Crippen molar-refractivity contribution >= 4 is 11.7 Å². The molecule has 2 aliphatic rings. The molecule has 1 saturated heterocycles. The first-order valence-electron chi connectivity index (χ1n) is 6.59. The lowest BCUT2D eigenvalue weighted by atomic mass is 10.0. The van der Waals surface area contributed by atoms with Gasteiger partial charge in [0.25, 0.3) is 0 Å². The Bertz CT molecular complexity index is 327. The molecule has 3 atom stereocenters. The Hall–Kier alpha value is -1.30. The summed E-state index contributed by atoms with van der Waals surface area (Å²) in [5.74, 6) is 0.183. The average molecular weight is 255 g/mol. The molecular formula is C12H21N3O3. The Labute approximate surface area is 107 Å². The number of amidine groups is 1. The van der Waals surface area contributed by atoms with Gasteiger partial charge in [0, 0.05) is 18.6 Å². The van der Waals surface area contributed by atoms with Crippen LogP contribution in [-0.2, 0) is 9.53 Å². The molecule has 0 aromatic heterocycles. The fourth-order valence-corrected chi connectivity index (χ4v) is 2.84. The molecule has 1 heterocycles. The quantitative estimate of drug-likeness (QED) is 0.296. The van der Waals surface area contributed by atoms with Gasteiger partial charge < -0.3 is 21.0 Å². The van der Waals surface area contributed by atoms with Gasteiger partial charge in [-0.1, -0.05) is 11.6 Å². The molecule has 6 nitrogen and oxygen atoms in total. The van der Waals surface area contributed by atoms with E-state index in [-0.39, 0.29) is 29.8 Å². The Balaban J connectivity index is 1.82. The third kappa shape index (κ3) is 3.13. The molecule has 0 aromatic carbocycles. The predicted molar refractivity (Wildman–Crippen MR) is 66.3 cm³/mol. The molecule has 1 aliphatic carbocycles. The van der Waals surface area contributed by atoms with Crippen LogP contribution in [0.1, 0.15) is 38.5 Å². The van der Waals surface area contributed by atoms with Crippen LogP contribution < -0.4 is 11.1 Å². The van der Waals surface area contributed by atoms with Gasteiger partial charge in [-0.15, -0.1) is 0 Å². The van der Waals surface area contributed by atoms with E-state index >= 15 is 0 Å². The van der Waals surface area contributed by atoms with Gasteiger partial charge in [-0.2, -0.15) is 0 Å². The van der Waals surface area contributed by atoms with Crippen molar-refractivity contribution in [1.82, 2.24) is 5.32 Å². The van der Waals surface area contributed by atoms with E-state index < -0.39 is 0 Å². The maximum atomic E-state index is 11.9. The van der Waals surface area contributed by atoms with Crippen molar-refractivity contribution in [1.29, 1.82) is 0 Å². The third-order valence-electron chi connectivity index (χ3n) is 3.79. The molecule has 2 rings (SSSR count). The van der Waals surface area contributed by atoms with Crippen molar-refractivity contribution in [2.75, 3.05) is 6.61 Å². The smallest absolute Gasteiger partial charge is 0.222 e. The third-order valence-corrected chi connectivity index (χ3v) is 3.79. The van der Waals surface area contributed by atoms with E-state index in [1.807, 2.05) is 0 Å². The van der Waals surface area contributed by atoms with Crippen molar-refractivity contribution in [2.45, 2.75) is 50.7 Å². The van der Waals surface area contributed by atoms with Gasteiger partial charge in [0.2, 0.25) is 5.91 Å². The van der Waals surface area contributed by atoms with Crippen LogP contribution in [0.2, 0.25) is 0 Å². The summed E-state index contributed by atoms with van der Waals surface area (Å²) in [7, 11) is 0. The first kappa shape index (κ1) is 13.1. The Kier molecular flexibility index (Phi) is 4.41. The van der Waals surface area contributed by atoms with Crippen LogP contribution >= 0.6 is 0 Å². The summed E-state index contributed by atoms with van der Waals surface area (Å²) in [6.07, 6.45) is 5.22. The molecule has 4 N–H and O–H groups in total. The topological polar surface area (TPSA) is 96.9 Å². The van der Waals surface area contributed by atoms with Crippen molar-refractivity contribution in [3.8, 4) is 0 Å². The van der Waals surface area contributed by atoms with Gasteiger partial charge in [-0.05, 0) is 25.7 Å². The highest BCUT2D eigenvalue weighted by Gasteiger charge is 2.32. The Morgan fingerprint density at radius 1 is 1.39 bits per heavy atom. The Morgan fingerprint density at radius 2 is 2.22 bits per heavy atom. The molecule has 0 spiro atoms. The maximum Gasteiger partial charge on any atom is 0.222 e. The fraction of sp³-hybridized carbons (Fsp3) is 0.833. The number of nitrogens with two attached hydrogens (primary N) is 1. The van der Waals surface area contributed by atoms with Gasteiger partial charge in [0.05, 0.1) is 12.5 Å². The van der Waals surface area contributed by atoms with Gasteiger partial charge in [-0.3, -0.25) is 4.79 Å². The first-order chi connectivity index (χ1) is 8.70. The van der Waals surface area contributed by atoms with Crippen LogP contribution in [0.3, 0.4) is 0 Å². The highest BCUT2D eigenvalue weighted by atomic mass is 16.5. The minimum atomic E-state index is -0.0385. The van der Waals surface area contributed by atoms with Crippen molar-refractivity contribution < 1.29 is 14.7 Å². The van der Waals surface area contributed by atoms with Gasteiger partial charge in [0.15, 0.2) is 0 Å². The highest BCUT2D eigenvalue weighted by molar-refractivity contribution is 5.84. The molecule has 0 aromatic rings. The van der Waals surface area contributed by atoms with Crippen LogP contribution in [-0.4, -0.2) is 35.7 Å². The molecular weight excluding hydrogens is 234 g/mol. The number of nitrogens with one attached hydrogen (secondary N) is 1. The van der Waals surface area contributed by atoms with Crippen LogP contribution in [0.25, 0.3) is 0 Å². The second-order valence-corrected chi connectivity index (χ2v) is 5.08. The molecule has 1 aliphatic heterocycles. The van der Waals surface area contributed by atoms with Crippen LogP contribution in [0.5, 0.6) is 0 Å². The molecule has 18 heavy (non-hydrogen) atoms. The van der Waals surface area contributed by atoms with E-state index in [4.69, 9.17) is 15.7 Å². The lowest BCUT2D eigenvalue weighted by molar-refractivity contribution is -0.124. The SMILES string of the molecule is NC(=NO)C1CCCC1NC(=O)CC1CCCO1. The van der Waals surface area contributed by atoms with Gasteiger partial charge >= 0.3 is 0 Å². The lowest BCUT2D eigenvalue weighted by Gasteiger charge is -2.20. The summed E-state index contributed by atoms with van der Waals surface area (Å²) in [5.41, 5.74) is 5.63. The van der Waals surface area contributed by atoms with Crippen LogP contribution in [0.15, 0.2) is 5.16 Å².